The first kappa shape index (κ1) is 16.8. The lowest BCUT2D eigenvalue weighted by Crippen LogP contribution is -2.28. The van der Waals surface area contributed by atoms with Crippen molar-refractivity contribution in [2.24, 2.45) is 5.92 Å². The molecule has 0 saturated heterocycles. The Morgan fingerprint density at radius 1 is 1.33 bits per heavy atom. The van der Waals surface area contributed by atoms with Crippen LogP contribution in [0.3, 0.4) is 0 Å². The number of halogens is 3. The highest BCUT2D eigenvalue weighted by Crippen LogP contribution is 2.35. The number of rotatable bonds is 5. The second kappa shape index (κ2) is 6.80. The number of nitrogens with one attached hydrogen (secondary N) is 2. The molecule has 0 atom stereocenters. The van der Waals surface area contributed by atoms with Crippen molar-refractivity contribution < 1.29 is 18.0 Å². The highest BCUT2D eigenvalue weighted by Gasteiger charge is 2.33. The van der Waals surface area contributed by atoms with Crippen LogP contribution in [0.2, 0.25) is 0 Å². The van der Waals surface area contributed by atoms with Crippen LogP contribution in [0.4, 0.5) is 24.0 Å². The second-order valence-electron chi connectivity index (χ2n) is 5.70. The van der Waals surface area contributed by atoms with E-state index >= 15 is 0 Å². The van der Waals surface area contributed by atoms with Gasteiger partial charge >= 0.3 is 6.18 Å². The Morgan fingerprint density at radius 2 is 2.12 bits per heavy atom. The summed E-state index contributed by atoms with van der Waals surface area (Å²) in [7, 11) is 0. The molecule has 1 aliphatic carbocycles. The van der Waals surface area contributed by atoms with E-state index in [9.17, 15) is 18.0 Å². The maximum absolute atomic E-state index is 12.5. The van der Waals surface area contributed by atoms with Crippen LogP contribution in [-0.4, -0.2) is 10.9 Å². The van der Waals surface area contributed by atoms with Crippen molar-refractivity contribution in [1.29, 1.82) is 0 Å². The SMILES string of the molecule is O=C(Nc1cccc(CNc2ncc(C(F)(F)F)s2)c1)C1CCC1. The molecule has 0 radical (unpaired) electrons. The predicted octanol–water partition coefficient (Wildman–Crippen LogP) is 4.51. The maximum atomic E-state index is 12.5. The predicted molar refractivity (Wildman–Crippen MR) is 86.9 cm³/mol. The minimum Gasteiger partial charge on any atom is -0.357 e. The molecule has 1 amide bonds. The van der Waals surface area contributed by atoms with Crippen LogP contribution < -0.4 is 10.6 Å². The average molecular weight is 355 g/mol. The molecule has 0 unspecified atom stereocenters. The smallest absolute Gasteiger partial charge is 0.357 e. The van der Waals surface area contributed by atoms with E-state index in [2.05, 4.69) is 15.6 Å². The van der Waals surface area contributed by atoms with E-state index in [1.165, 1.54) is 0 Å². The number of hydrogen-bond acceptors (Lipinski definition) is 4. The Morgan fingerprint density at radius 3 is 2.75 bits per heavy atom. The number of carbonyl (C=O) groups excluding carboxylic acids is 1. The number of thiazole rings is 1. The molecule has 1 fully saturated rings. The zero-order valence-electron chi connectivity index (χ0n) is 12.7. The van der Waals surface area contributed by atoms with Crippen LogP contribution >= 0.6 is 11.3 Å². The first-order valence-corrected chi connectivity index (χ1v) is 8.40. The number of hydrogen-bond donors (Lipinski definition) is 2. The van der Waals surface area contributed by atoms with Crippen molar-refractivity contribution >= 4 is 28.1 Å². The molecule has 128 valence electrons. The summed E-state index contributed by atoms with van der Waals surface area (Å²) in [4.78, 5) is 14.9. The van der Waals surface area contributed by atoms with Gasteiger partial charge < -0.3 is 10.6 Å². The lowest BCUT2D eigenvalue weighted by molar-refractivity contribution is -0.134. The molecule has 1 heterocycles. The van der Waals surface area contributed by atoms with Crippen LogP contribution in [0.1, 0.15) is 29.7 Å². The molecule has 3 rings (SSSR count). The molecule has 1 saturated carbocycles. The molecule has 4 nitrogen and oxygen atoms in total. The lowest BCUT2D eigenvalue weighted by Gasteiger charge is -2.24. The number of nitrogens with zero attached hydrogens (tertiary/aromatic N) is 1. The fourth-order valence-electron chi connectivity index (χ4n) is 2.34. The van der Waals surface area contributed by atoms with Gasteiger partial charge in [0.2, 0.25) is 5.91 Å². The van der Waals surface area contributed by atoms with Gasteiger partial charge in [0.25, 0.3) is 0 Å². The Hall–Kier alpha value is -2.09. The second-order valence-corrected chi connectivity index (χ2v) is 6.73. The highest BCUT2D eigenvalue weighted by molar-refractivity contribution is 7.15. The van der Waals surface area contributed by atoms with Gasteiger partial charge in [-0.3, -0.25) is 4.79 Å². The van der Waals surface area contributed by atoms with Crippen molar-refractivity contribution in [2.45, 2.75) is 32.0 Å². The van der Waals surface area contributed by atoms with E-state index in [0.29, 0.717) is 23.6 Å². The van der Waals surface area contributed by atoms with Crippen molar-refractivity contribution in [3.8, 4) is 0 Å². The average Bonchev–Trinajstić information content (AvgIpc) is 2.92. The topological polar surface area (TPSA) is 54.0 Å². The first-order valence-electron chi connectivity index (χ1n) is 7.58. The van der Waals surface area contributed by atoms with Gasteiger partial charge in [-0.2, -0.15) is 13.2 Å². The third kappa shape index (κ3) is 4.05. The van der Waals surface area contributed by atoms with Gasteiger partial charge in [-0.05, 0) is 30.5 Å². The summed E-state index contributed by atoms with van der Waals surface area (Å²) in [5.74, 6) is 0.129. The normalized spacial score (nSPS) is 15.0. The van der Waals surface area contributed by atoms with Crippen LogP contribution in [0.25, 0.3) is 0 Å². The lowest BCUT2D eigenvalue weighted by atomic mass is 9.85. The fraction of sp³-hybridized carbons (Fsp3) is 0.375. The summed E-state index contributed by atoms with van der Waals surface area (Å²) in [6, 6.07) is 7.24. The van der Waals surface area contributed by atoms with Gasteiger partial charge in [0.1, 0.15) is 4.88 Å². The van der Waals surface area contributed by atoms with Crippen molar-refractivity contribution in [1.82, 2.24) is 4.98 Å². The molecule has 1 aromatic heterocycles. The summed E-state index contributed by atoms with van der Waals surface area (Å²) in [5, 5.41) is 5.97. The van der Waals surface area contributed by atoms with E-state index in [0.717, 1.165) is 31.0 Å². The minimum atomic E-state index is -4.37. The first-order chi connectivity index (χ1) is 11.4. The highest BCUT2D eigenvalue weighted by atomic mass is 32.1. The Labute approximate surface area is 141 Å². The van der Waals surface area contributed by atoms with E-state index < -0.39 is 11.1 Å². The Bertz CT molecular complexity index is 725. The van der Waals surface area contributed by atoms with Gasteiger partial charge in [0.05, 0.1) is 6.20 Å². The number of amides is 1. The summed E-state index contributed by atoms with van der Waals surface area (Å²) >= 11 is 0.571. The molecule has 8 heteroatoms. The molecular formula is C16H16F3N3OS. The van der Waals surface area contributed by atoms with Gasteiger partial charge in [0.15, 0.2) is 5.13 Å². The van der Waals surface area contributed by atoms with Gasteiger partial charge in [0, 0.05) is 18.2 Å². The fourth-order valence-corrected chi connectivity index (χ4v) is 3.02. The minimum absolute atomic E-state index is 0.0288. The van der Waals surface area contributed by atoms with Crippen LogP contribution in [-0.2, 0) is 17.5 Å². The molecular weight excluding hydrogens is 339 g/mol. The molecule has 24 heavy (non-hydrogen) atoms. The molecule has 2 N–H and O–H groups in total. The van der Waals surface area contributed by atoms with Crippen LogP contribution in [0.15, 0.2) is 30.5 Å². The van der Waals surface area contributed by atoms with Gasteiger partial charge in [-0.15, -0.1) is 0 Å². The third-order valence-corrected chi connectivity index (χ3v) is 4.90. The third-order valence-electron chi connectivity index (χ3n) is 3.90. The van der Waals surface area contributed by atoms with E-state index in [1.54, 1.807) is 12.1 Å². The summed E-state index contributed by atoms with van der Waals surface area (Å²) in [6.45, 7) is 0.331. The molecule has 1 aromatic carbocycles. The number of anilines is 2. The Kier molecular flexibility index (Phi) is 4.75. The van der Waals surface area contributed by atoms with E-state index in [-0.39, 0.29) is 17.0 Å². The number of aromatic nitrogens is 1. The van der Waals surface area contributed by atoms with Crippen LogP contribution in [0.5, 0.6) is 0 Å². The number of alkyl halides is 3. The van der Waals surface area contributed by atoms with Crippen molar-refractivity contribution in [3.05, 3.63) is 40.9 Å². The number of carbonyl (C=O) groups is 1. The van der Waals surface area contributed by atoms with Gasteiger partial charge in [-0.1, -0.05) is 29.9 Å². The zero-order chi connectivity index (χ0) is 17.2. The molecule has 2 aromatic rings. The van der Waals surface area contributed by atoms with Crippen LogP contribution in [0, 0.1) is 5.92 Å². The Balaban J connectivity index is 1.58. The molecule has 0 spiro atoms. The maximum Gasteiger partial charge on any atom is 0.427 e. The monoisotopic (exact) mass is 355 g/mol. The summed E-state index contributed by atoms with van der Waals surface area (Å²) in [6.07, 6.45) is -0.599. The van der Waals surface area contributed by atoms with Crippen molar-refractivity contribution in [3.63, 3.8) is 0 Å². The van der Waals surface area contributed by atoms with Gasteiger partial charge in [-0.25, -0.2) is 4.98 Å². The molecule has 0 bridgehead atoms. The summed E-state index contributed by atoms with van der Waals surface area (Å²) < 4.78 is 37.6. The largest absolute Gasteiger partial charge is 0.427 e. The molecule has 0 aliphatic heterocycles. The summed E-state index contributed by atoms with van der Waals surface area (Å²) in [5.41, 5.74) is 1.55. The molecule has 1 aliphatic rings. The zero-order valence-corrected chi connectivity index (χ0v) is 13.5. The quantitative estimate of drug-likeness (QED) is 0.830. The van der Waals surface area contributed by atoms with E-state index in [4.69, 9.17) is 0 Å². The van der Waals surface area contributed by atoms with E-state index in [1.807, 2.05) is 12.1 Å². The standard InChI is InChI=1S/C16H16F3N3OS/c17-16(18,19)13-9-21-15(24-13)20-8-10-3-1-6-12(7-10)22-14(23)11-4-2-5-11/h1,3,6-7,9,11H,2,4-5,8H2,(H,20,21)(H,22,23). The van der Waals surface area contributed by atoms with Crippen molar-refractivity contribution in [2.75, 3.05) is 10.6 Å². The number of benzene rings is 1.